The number of rotatable bonds is 1. The maximum absolute atomic E-state index is 12.0. The predicted octanol–water partition coefficient (Wildman–Crippen LogP) is 3.10. The zero-order valence-corrected chi connectivity index (χ0v) is 10.6. The van der Waals surface area contributed by atoms with Gasteiger partial charge in [0.05, 0.1) is 0 Å². The number of benzene rings is 1. The molecule has 0 bridgehead atoms. The van der Waals surface area contributed by atoms with E-state index in [4.69, 9.17) is 0 Å². The Morgan fingerprint density at radius 3 is 2.89 bits per heavy atom. The standard InChI is InChI=1S/C15H13N3O/c1-10-7-8-18(15(19)17-10)14-11(2)13-6-4-3-5-12(13)9-16-14/h3-9H,1H2,2H3,(H,17,19). The Hall–Kier alpha value is -2.62. The third kappa shape index (κ3) is 1.87. The Morgan fingerprint density at radius 2 is 2.11 bits per heavy atom. The van der Waals surface area contributed by atoms with Gasteiger partial charge in [0.1, 0.15) is 5.82 Å². The molecule has 3 rings (SSSR count). The van der Waals surface area contributed by atoms with Crippen LogP contribution < -0.4 is 10.2 Å². The van der Waals surface area contributed by atoms with Crippen LogP contribution in [0.1, 0.15) is 5.56 Å². The summed E-state index contributed by atoms with van der Waals surface area (Å²) in [6, 6.07) is 7.75. The first-order valence-electron chi connectivity index (χ1n) is 5.98. The molecule has 94 valence electrons. The highest BCUT2D eigenvalue weighted by Crippen LogP contribution is 2.26. The predicted molar refractivity (Wildman–Crippen MR) is 75.8 cm³/mol. The molecule has 2 amide bonds. The lowest BCUT2D eigenvalue weighted by atomic mass is 10.1. The van der Waals surface area contributed by atoms with Crippen molar-refractivity contribution < 1.29 is 4.79 Å². The lowest BCUT2D eigenvalue weighted by molar-refractivity contribution is 0.250. The molecule has 1 aromatic carbocycles. The van der Waals surface area contributed by atoms with Gasteiger partial charge in [-0.1, -0.05) is 30.8 Å². The summed E-state index contributed by atoms with van der Waals surface area (Å²) >= 11 is 0. The Bertz CT molecular complexity index is 718. The summed E-state index contributed by atoms with van der Waals surface area (Å²) in [6.45, 7) is 5.67. The molecule has 0 unspecified atom stereocenters. The SMILES string of the molecule is C=C1C=CN(c2ncc3ccccc3c2C)C(=O)N1. The van der Waals surface area contributed by atoms with Crippen LogP contribution in [0, 0.1) is 6.92 Å². The van der Waals surface area contributed by atoms with Crippen molar-refractivity contribution in [2.24, 2.45) is 0 Å². The second kappa shape index (κ2) is 4.24. The molecule has 0 saturated heterocycles. The van der Waals surface area contributed by atoms with Crippen molar-refractivity contribution in [2.45, 2.75) is 6.92 Å². The zero-order chi connectivity index (χ0) is 13.4. The number of aryl methyl sites for hydroxylation is 1. The molecule has 2 heterocycles. The van der Waals surface area contributed by atoms with Crippen LogP contribution in [0.3, 0.4) is 0 Å². The van der Waals surface area contributed by atoms with E-state index in [1.54, 1.807) is 18.5 Å². The summed E-state index contributed by atoms with van der Waals surface area (Å²) < 4.78 is 0. The van der Waals surface area contributed by atoms with E-state index in [9.17, 15) is 4.79 Å². The number of urea groups is 1. The molecule has 1 aromatic heterocycles. The number of allylic oxidation sites excluding steroid dienone is 1. The Morgan fingerprint density at radius 1 is 1.32 bits per heavy atom. The van der Waals surface area contributed by atoms with Crippen LogP contribution in [0.4, 0.5) is 10.6 Å². The average Bonchev–Trinajstić information content (AvgIpc) is 2.41. The van der Waals surface area contributed by atoms with Crippen molar-refractivity contribution in [3.63, 3.8) is 0 Å². The van der Waals surface area contributed by atoms with Crippen molar-refractivity contribution in [3.05, 3.63) is 60.6 Å². The molecule has 4 nitrogen and oxygen atoms in total. The number of nitrogens with zero attached hydrogens (tertiary/aromatic N) is 2. The quantitative estimate of drug-likeness (QED) is 0.846. The number of fused-ring (bicyclic) bond motifs is 1. The monoisotopic (exact) mass is 251 g/mol. The Balaban J connectivity index is 2.16. The summed E-state index contributed by atoms with van der Waals surface area (Å²) in [5.41, 5.74) is 1.56. The largest absolute Gasteiger partial charge is 0.331 e. The van der Waals surface area contributed by atoms with Gasteiger partial charge in [0.15, 0.2) is 0 Å². The molecule has 19 heavy (non-hydrogen) atoms. The highest BCUT2D eigenvalue weighted by Gasteiger charge is 2.20. The van der Waals surface area contributed by atoms with E-state index in [-0.39, 0.29) is 6.03 Å². The van der Waals surface area contributed by atoms with Crippen molar-refractivity contribution in [3.8, 4) is 0 Å². The van der Waals surface area contributed by atoms with Gasteiger partial charge in [-0.3, -0.25) is 4.90 Å². The minimum atomic E-state index is -0.238. The minimum absolute atomic E-state index is 0.238. The van der Waals surface area contributed by atoms with Gasteiger partial charge < -0.3 is 5.32 Å². The van der Waals surface area contributed by atoms with Gasteiger partial charge in [-0.05, 0) is 18.4 Å². The average molecular weight is 251 g/mol. The molecular weight excluding hydrogens is 238 g/mol. The maximum atomic E-state index is 12.0. The van der Waals surface area contributed by atoms with Crippen LogP contribution in [-0.2, 0) is 0 Å². The van der Waals surface area contributed by atoms with E-state index in [1.165, 1.54) is 4.90 Å². The lowest BCUT2D eigenvalue weighted by Crippen LogP contribution is -2.39. The van der Waals surface area contributed by atoms with Crippen LogP contribution in [0.15, 0.2) is 55.0 Å². The molecular formula is C15H13N3O. The molecule has 0 radical (unpaired) electrons. The van der Waals surface area contributed by atoms with E-state index in [2.05, 4.69) is 16.9 Å². The second-order valence-electron chi connectivity index (χ2n) is 4.44. The molecule has 1 N–H and O–H groups in total. The molecule has 0 fully saturated rings. The minimum Gasteiger partial charge on any atom is -0.308 e. The van der Waals surface area contributed by atoms with E-state index in [1.807, 2.05) is 31.2 Å². The highest BCUT2D eigenvalue weighted by molar-refractivity contribution is 5.99. The highest BCUT2D eigenvalue weighted by atomic mass is 16.2. The number of nitrogens with one attached hydrogen (secondary N) is 1. The summed E-state index contributed by atoms with van der Waals surface area (Å²) in [4.78, 5) is 17.8. The van der Waals surface area contributed by atoms with E-state index in [0.717, 1.165) is 16.3 Å². The van der Waals surface area contributed by atoms with Gasteiger partial charge in [0, 0.05) is 29.0 Å². The van der Waals surface area contributed by atoms with Crippen LogP contribution in [0.5, 0.6) is 0 Å². The van der Waals surface area contributed by atoms with Gasteiger partial charge in [0.2, 0.25) is 0 Å². The first kappa shape index (κ1) is 11.5. The maximum Gasteiger partial charge on any atom is 0.331 e. The number of amides is 2. The third-order valence-electron chi connectivity index (χ3n) is 3.17. The summed E-state index contributed by atoms with van der Waals surface area (Å²) in [7, 11) is 0. The Labute approximate surface area is 111 Å². The van der Waals surface area contributed by atoms with Crippen molar-refractivity contribution >= 4 is 22.6 Å². The number of hydrogen-bond acceptors (Lipinski definition) is 2. The van der Waals surface area contributed by atoms with E-state index >= 15 is 0 Å². The Kier molecular flexibility index (Phi) is 2.56. The summed E-state index contributed by atoms with van der Waals surface area (Å²) in [5.74, 6) is 0.639. The number of pyridine rings is 1. The van der Waals surface area contributed by atoms with E-state index in [0.29, 0.717) is 11.5 Å². The van der Waals surface area contributed by atoms with Gasteiger partial charge in [-0.15, -0.1) is 0 Å². The summed E-state index contributed by atoms with van der Waals surface area (Å²) in [5, 5.41) is 4.83. The topological polar surface area (TPSA) is 45.2 Å². The van der Waals surface area contributed by atoms with Crippen molar-refractivity contribution in [1.82, 2.24) is 10.3 Å². The van der Waals surface area contributed by atoms with Gasteiger partial charge >= 0.3 is 6.03 Å². The molecule has 4 heteroatoms. The van der Waals surface area contributed by atoms with Crippen molar-refractivity contribution in [2.75, 3.05) is 4.90 Å². The molecule has 0 spiro atoms. The van der Waals surface area contributed by atoms with Gasteiger partial charge in [-0.25, -0.2) is 9.78 Å². The van der Waals surface area contributed by atoms with E-state index < -0.39 is 0 Å². The van der Waals surface area contributed by atoms with Gasteiger partial charge in [-0.2, -0.15) is 0 Å². The van der Waals surface area contributed by atoms with Crippen molar-refractivity contribution in [1.29, 1.82) is 0 Å². The van der Waals surface area contributed by atoms with Gasteiger partial charge in [0.25, 0.3) is 0 Å². The third-order valence-corrected chi connectivity index (χ3v) is 3.17. The summed E-state index contributed by atoms with van der Waals surface area (Å²) in [6.07, 6.45) is 5.21. The van der Waals surface area contributed by atoms with Crippen LogP contribution in [0.25, 0.3) is 10.8 Å². The molecule has 0 atom stereocenters. The first-order valence-corrected chi connectivity index (χ1v) is 5.98. The number of aromatic nitrogens is 1. The normalized spacial score (nSPS) is 14.9. The molecule has 1 aliphatic heterocycles. The zero-order valence-electron chi connectivity index (χ0n) is 10.6. The fourth-order valence-electron chi connectivity index (χ4n) is 2.18. The van der Waals surface area contributed by atoms with Crippen LogP contribution in [0.2, 0.25) is 0 Å². The number of anilines is 1. The fourth-order valence-corrected chi connectivity index (χ4v) is 2.18. The second-order valence-corrected chi connectivity index (χ2v) is 4.44. The molecule has 0 aliphatic carbocycles. The molecule has 0 saturated carbocycles. The van der Waals surface area contributed by atoms with Crippen LogP contribution in [-0.4, -0.2) is 11.0 Å². The van der Waals surface area contributed by atoms with Crippen LogP contribution >= 0.6 is 0 Å². The fraction of sp³-hybridized carbons (Fsp3) is 0.0667. The molecule has 1 aliphatic rings. The number of hydrogen-bond donors (Lipinski definition) is 1. The molecule has 2 aromatic rings. The lowest BCUT2D eigenvalue weighted by Gasteiger charge is -2.24. The first-order chi connectivity index (χ1) is 9.16. The number of carbonyl (C=O) groups excluding carboxylic acids is 1. The number of carbonyl (C=O) groups is 1. The smallest absolute Gasteiger partial charge is 0.308 e.